The number of likely N-dealkylation sites (tertiary alicyclic amines) is 2. The van der Waals surface area contributed by atoms with E-state index in [1.54, 1.807) is 18.1 Å². The van der Waals surface area contributed by atoms with Crippen LogP contribution in [0.1, 0.15) is 45.6 Å². The van der Waals surface area contributed by atoms with Crippen LogP contribution >= 0.6 is 23.2 Å². The molecule has 0 radical (unpaired) electrons. The van der Waals surface area contributed by atoms with Gasteiger partial charge in [0.15, 0.2) is 0 Å². The summed E-state index contributed by atoms with van der Waals surface area (Å²) in [6, 6.07) is 3.59. The Hall–Kier alpha value is -1.66. The van der Waals surface area contributed by atoms with Crippen LogP contribution in [0.15, 0.2) is 12.1 Å². The van der Waals surface area contributed by atoms with E-state index in [9.17, 15) is 9.59 Å². The Balaban J connectivity index is 1.52. The molecule has 0 N–H and O–H groups in total. The second-order valence-corrected chi connectivity index (χ2v) is 10.2. The maximum Gasteiger partial charge on any atom is 0.410 e. The Morgan fingerprint density at radius 1 is 1.06 bits per heavy atom. The van der Waals surface area contributed by atoms with Gasteiger partial charge in [0.05, 0.1) is 23.1 Å². The van der Waals surface area contributed by atoms with Crippen LogP contribution in [0, 0.1) is 11.8 Å². The van der Waals surface area contributed by atoms with Crippen molar-refractivity contribution in [2.45, 2.75) is 52.1 Å². The molecule has 31 heavy (non-hydrogen) atoms. The van der Waals surface area contributed by atoms with Crippen molar-refractivity contribution in [2.75, 3.05) is 33.3 Å². The lowest BCUT2D eigenvalue weighted by Crippen LogP contribution is -2.43. The first-order chi connectivity index (χ1) is 14.6. The third kappa shape index (κ3) is 5.98. The highest BCUT2D eigenvalue weighted by molar-refractivity contribution is 6.42. The molecule has 1 aromatic rings. The second-order valence-electron chi connectivity index (χ2n) is 9.43. The Labute approximate surface area is 194 Å². The Morgan fingerprint density at radius 2 is 1.71 bits per heavy atom. The van der Waals surface area contributed by atoms with Gasteiger partial charge < -0.3 is 19.3 Å². The lowest BCUT2D eigenvalue weighted by atomic mass is 9.89. The molecule has 0 spiro atoms. The fourth-order valence-corrected chi connectivity index (χ4v) is 4.73. The Bertz CT molecular complexity index is 817. The summed E-state index contributed by atoms with van der Waals surface area (Å²) in [6.07, 6.45) is 2.93. The number of hydrogen-bond acceptors (Lipinski definition) is 4. The number of ether oxygens (including phenoxy) is 2. The molecule has 1 atom stereocenters. The van der Waals surface area contributed by atoms with Crippen molar-refractivity contribution >= 4 is 35.2 Å². The van der Waals surface area contributed by atoms with Crippen LogP contribution in [0.3, 0.4) is 0 Å². The molecule has 1 unspecified atom stereocenters. The summed E-state index contributed by atoms with van der Waals surface area (Å²) in [6.45, 7) is 7.97. The number of halogens is 2. The van der Waals surface area contributed by atoms with Gasteiger partial charge in [0.1, 0.15) is 11.4 Å². The largest absolute Gasteiger partial charge is 0.496 e. The predicted molar refractivity (Wildman–Crippen MR) is 122 cm³/mol. The number of amides is 2. The first-order valence-corrected chi connectivity index (χ1v) is 11.6. The van der Waals surface area contributed by atoms with Crippen LogP contribution in [-0.2, 0) is 16.0 Å². The van der Waals surface area contributed by atoms with Crippen molar-refractivity contribution in [1.29, 1.82) is 0 Å². The normalized spacial score (nSPS) is 20.1. The van der Waals surface area contributed by atoms with Gasteiger partial charge in [0.2, 0.25) is 5.91 Å². The van der Waals surface area contributed by atoms with Crippen molar-refractivity contribution in [1.82, 2.24) is 9.80 Å². The number of nitrogens with zero attached hydrogens (tertiary/aromatic N) is 2. The summed E-state index contributed by atoms with van der Waals surface area (Å²) >= 11 is 12.6. The first kappa shape index (κ1) is 24.0. The predicted octanol–water partition coefficient (Wildman–Crippen LogP) is 5.04. The molecule has 0 saturated carbocycles. The number of benzene rings is 1. The lowest BCUT2D eigenvalue weighted by molar-refractivity contribution is -0.136. The fraction of sp³-hybridized carbons (Fsp3) is 0.652. The van der Waals surface area contributed by atoms with E-state index in [0.29, 0.717) is 48.6 Å². The van der Waals surface area contributed by atoms with Crippen LogP contribution in [0.2, 0.25) is 10.0 Å². The highest BCUT2D eigenvalue weighted by Crippen LogP contribution is 2.36. The minimum absolute atomic E-state index is 0.142. The van der Waals surface area contributed by atoms with Gasteiger partial charge >= 0.3 is 6.09 Å². The maximum absolute atomic E-state index is 13.0. The molecule has 8 heteroatoms. The minimum atomic E-state index is -0.532. The average Bonchev–Trinajstić information content (AvgIpc) is 3.21. The molecule has 2 aliphatic rings. The number of piperidine rings is 1. The standard InChI is InChI=1S/C23H32Cl2N2O4/c1-23(2,3)31-22(29)27-12-9-16(14-27)21(28)26-10-7-15(8-11-26)13-17-19(30-4)6-5-18(24)20(17)25/h5-6,15-16H,7-14H2,1-4H3. The molecule has 2 heterocycles. The number of hydrogen-bond donors (Lipinski definition) is 0. The van der Waals surface area contributed by atoms with Gasteiger partial charge in [0, 0.05) is 31.7 Å². The van der Waals surface area contributed by atoms with Crippen LogP contribution in [0.25, 0.3) is 0 Å². The molecule has 0 aromatic heterocycles. The quantitative estimate of drug-likeness (QED) is 0.618. The molecule has 6 nitrogen and oxygen atoms in total. The first-order valence-electron chi connectivity index (χ1n) is 10.9. The van der Waals surface area contributed by atoms with Gasteiger partial charge in [0.25, 0.3) is 0 Å². The maximum atomic E-state index is 13.0. The smallest absolute Gasteiger partial charge is 0.410 e. The van der Waals surface area contributed by atoms with Gasteiger partial charge in [-0.3, -0.25) is 4.79 Å². The average molecular weight is 471 g/mol. The summed E-state index contributed by atoms with van der Waals surface area (Å²) in [4.78, 5) is 28.9. The molecule has 0 bridgehead atoms. The topological polar surface area (TPSA) is 59.1 Å². The Kier molecular flexibility index (Phi) is 7.63. The zero-order valence-electron chi connectivity index (χ0n) is 18.7. The van der Waals surface area contributed by atoms with E-state index in [1.807, 2.05) is 31.7 Å². The van der Waals surface area contributed by atoms with Gasteiger partial charge in [-0.2, -0.15) is 0 Å². The van der Waals surface area contributed by atoms with E-state index in [1.165, 1.54) is 0 Å². The zero-order chi connectivity index (χ0) is 22.8. The van der Waals surface area contributed by atoms with Gasteiger partial charge in [-0.15, -0.1) is 0 Å². The summed E-state index contributed by atoms with van der Waals surface area (Å²) in [5.41, 5.74) is 0.403. The molecular weight excluding hydrogens is 439 g/mol. The number of carbonyl (C=O) groups excluding carboxylic acids is 2. The van der Waals surface area contributed by atoms with E-state index in [4.69, 9.17) is 32.7 Å². The zero-order valence-corrected chi connectivity index (χ0v) is 20.3. The summed E-state index contributed by atoms with van der Waals surface area (Å²) in [5.74, 6) is 1.16. The number of rotatable bonds is 4. The van der Waals surface area contributed by atoms with Crippen molar-refractivity contribution in [3.63, 3.8) is 0 Å². The van der Waals surface area contributed by atoms with E-state index in [-0.39, 0.29) is 17.9 Å². The summed E-state index contributed by atoms with van der Waals surface area (Å²) < 4.78 is 10.9. The van der Waals surface area contributed by atoms with Crippen molar-refractivity contribution in [3.8, 4) is 5.75 Å². The van der Waals surface area contributed by atoms with Gasteiger partial charge in [-0.1, -0.05) is 23.2 Å². The molecular formula is C23H32Cl2N2O4. The molecule has 1 aromatic carbocycles. The number of methoxy groups -OCH3 is 1. The minimum Gasteiger partial charge on any atom is -0.496 e. The van der Waals surface area contributed by atoms with Crippen molar-refractivity contribution < 1.29 is 19.1 Å². The monoisotopic (exact) mass is 470 g/mol. The SMILES string of the molecule is COc1ccc(Cl)c(Cl)c1CC1CCN(C(=O)C2CCN(C(=O)OC(C)(C)C)C2)CC1. The van der Waals surface area contributed by atoms with Crippen LogP contribution in [0.4, 0.5) is 4.79 Å². The summed E-state index contributed by atoms with van der Waals surface area (Å²) in [5, 5.41) is 1.08. The molecule has 2 aliphatic heterocycles. The molecule has 0 aliphatic carbocycles. The molecule has 172 valence electrons. The van der Waals surface area contributed by atoms with Crippen LogP contribution < -0.4 is 4.74 Å². The molecule has 3 rings (SSSR count). The highest BCUT2D eigenvalue weighted by atomic mass is 35.5. The molecule has 2 amide bonds. The highest BCUT2D eigenvalue weighted by Gasteiger charge is 2.36. The lowest BCUT2D eigenvalue weighted by Gasteiger charge is -2.34. The van der Waals surface area contributed by atoms with Crippen molar-refractivity contribution in [3.05, 3.63) is 27.7 Å². The van der Waals surface area contributed by atoms with E-state index < -0.39 is 5.60 Å². The summed E-state index contributed by atoms with van der Waals surface area (Å²) in [7, 11) is 1.63. The number of carbonyl (C=O) groups is 2. The van der Waals surface area contributed by atoms with Gasteiger partial charge in [-0.05, 0) is 64.5 Å². The molecule has 2 fully saturated rings. The third-order valence-corrected chi connectivity index (χ3v) is 6.82. The van der Waals surface area contributed by atoms with E-state index in [2.05, 4.69) is 0 Å². The van der Waals surface area contributed by atoms with E-state index in [0.717, 1.165) is 30.6 Å². The van der Waals surface area contributed by atoms with Gasteiger partial charge in [-0.25, -0.2) is 4.79 Å². The van der Waals surface area contributed by atoms with Crippen molar-refractivity contribution in [2.24, 2.45) is 11.8 Å². The Morgan fingerprint density at radius 3 is 2.32 bits per heavy atom. The van der Waals surface area contributed by atoms with E-state index >= 15 is 0 Å². The van der Waals surface area contributed by atoms with Crippen LogP contribution in [0.5, 0.6) is 5.75 Å². The third-order valence-electron chi connectivity index (χ3n) is 5.98. The van der Waals surface area contributed by atoms with Crippen LogP contribution in [-0.4, -0.2) is 60.7 Å². The second kappa shape index (κ2) is 9.86. The fourth-order valence-electron chi connectivity index (χ4n) is 4.31. The molecule has 2 saturated heterocycles.